The quantitative estimate of drug-likeness (QED) is 0.784. The molecule has 0 unspecified atom stereocenters. The van der Waals surface area contributed by atoms with Crippen molar-refractivity contribution in [2.45, 2.75) is 27.3 Å². The molecule has 0 fully saturated rings. The molecule has 0 aromatic carbocycles. The fourth-order valence-electron chi connectivity index (χ4n) is 1.81. The van der Waals surface area contributed by atoms with Gasteiger partial charge in [-0.15, -0.1) is 0 Å². The van der Waals surface area contributed by atoms with E-state index in [4.69, 9.17) is 5.11 Å². The first-order valence-electron chi connectivity index (χ1n) is 6.06. The van der Waals surface area contributed by atoms with Gasteiger partial charge >= 0.3 is 5.97 Å². The van der Waals surface area contributed by atoms with Gasteiger partial charge in [0.15, 0.2) is 0 Å². The van der Waals surface area contributed by atoms with Gasteiger partial charge in [0.25, 0.3) is 0 Å². The molecule has 1 rings (SSSR count). The highest BCUT2D eigenvalue weighted by Crippen LogP contribution is 2.06. The zero-order valence-electron chi connectivity index (χ0n) is 11.2. The van der Waals surface area contributed by atoms with E-state index in [1.165, 1.54) is 6.08 Å². The standard InChI is InChI=1S/C14H20N2O2/c1-4-16(9-11(2)8-14(17)18)10-13-7-5-6-12(3)15-13/h5-8H,4,9-10H2,1-3H3,(H,17,18). The molecule has 4 nitrogen and oxygen atoms in total. The lowest BCUT2D eigenvalue weighted by Crippen LogP contribution is -2.25. The van der Waals surface area contributed by atoms with E-state index in [1.807, 2.05) is 32.0 Å². The lowest BCUT2D eigenvalue weighted by Gasteiger charge is -2.20. The fraction of sp³-hybridized carbons (Fsp3) is 0.429. The van der Waals surface area contributed by atoms with Gasteiger partial charge in [-0.25, -0.2) is 4.79 Å². The van der Waals surface area contributed by atoms with Gasteiger partial charge in [-0.2, -0.15) is 0 Å². The van der Waals surface area contributed by atoms with Crippen molar-refractivity contribution in [2.75, 3.05) is 13.1 Å². The SMILES string of the molecule is CCN(CC(C)=CC(=O)O)Cc1cccc(C)n1. The number of hydrogen-bond acceptors (Lipinski definition) is 3. The molecule has 98 valence electrons. The molecular formula is C14H20N2O2. The van der Waals surface area contributed by atoms with Gasteiger partial charge in [0.2, 0.25) is 0 Å². The number of hydrogen-bond donors (Lipinski definition) is 1. The molecule has 0 spiro atoms. The normalized spacial score (nSPS) is 11.9. The highest BCUT2D eigenvalue weighted by Gasteiger charge is 2.06. The Hall–Kier alpha value is -1.68. The van der Waals surface area contributed by atoms with Crippen molar-refractivity contribution in [2.24, 2.45) is 0 Å². The van der Waals surface area contributed by atoms with Crippen LogP contribution in [0.2, 0.25) is 0 Å². The Balaban J connectivity index is 2.65. The third-order valence-electron chi connectivity index (χ3n) is 2.62. The van der Waals surface area contributed by atoms with E-state index in [0.717, 1.165) is 30.1 Å². The molecule has 0 bridgehead atoms. The zero-order chi connectivity index (χ0) is 13.5. The molecule has 4 heteroatoms. The van der Waals surface area contributed by atoms with Crippen LogP contribution in [0.3, 0.4) is 0 Å². The molecule has 1 aromatic rings. The van der Waals surface area contributed by atoms with Crippen LogP contribution in [0.15, 0.2) is 29.8 Å². The van der Waals surface area contributed by atoms with Gasteiger partial charge in [-0.05, 0) is 32.5 Å². The molecule has 1 N–H and O–H groups in total. The molecule has 0 aliphatic rings. The Morgan fingerprint density at radius 3 is 2.78 bits per heavy atom. The maximum atomic E-state index is 10.6. The average molecular weight is 248 g/mol. The number of aliphatic carboxylic acids is 1. The molecule has 0 amide bonds. The predicted octanol–water partition coefficient (Wildman–Crippen LogP) is 2.24. The van der Waals surface area contributed by atoms with Gasteiger partial charge in [-0.3, -0.25) is 9.88 Å². The molecule has 0 atom stereocenters. The van der Waals surface area contributed by atoms with Crippen molar-refractivity contribution < 1.29 is 9.90 Å². The third-order valence-corrected chi connectivity index (χ3v) is 2.62. The first-order chi connectivity index (χ1) is 8.51. The van der Waals surface area contributed by atoms with Crippen LogP contribution in [0, 0.1) is 6.92 Å². The first-order valence-corrected chi connectivity index (χ1v) is 6.06. The Morgan fingerprint density at radius 1 is 1.50 bits per heavy atom. The summed E-state index contributed by atoms with van der Waals surface area (Å²) in [6.45, 7) is 8.11. The van der Waals surface area contributed by atoms with Crippen LogP contribution in [-0.4, -0.2) is 34.0 Å². The van der Waals surface area contributed by atoms with Gasteiger partial charge in [-0.1, -0.05) is 18.6 Å². The smallest absolute Gasteiger partial charge is 0.328 e. The minimum Gasteiger partial charge on any atom is -0.478 e. The summed E-state index contributed by atoms with van der Waals surface area (Å²) in [7, 11) is 0. The molecule has 0 aliphatic carbocycles. The van der Waals surface area contributed by atoms with Crippen molar-refractivity contribution in [1.82, 2.24) is 9.88 Å². The van der Waals surface area contributed by atoms with E-state index in [2.05, 4.69) is 16.8 Å². The molecule has 18 heavy (non-hydrogen) atoms. The number of rotatable bonds is 6. The van der Waals surface area contributed by atoms with Crippen LogP contribution in [0.5, 0.6) is 0 Å². The van der Waals surface area contributed by atoms with Gasteiger partial charge < -0.3 is 5.11 Å². The predicted molar refractivity (Wildman–Crippen MR) is 71.3 cm³/mol. The lowest BCUT2D eigenvalue weighted by molar-refractivity contribution is -0.131. The average Bonchev–Trinajstić information content (AvgIpc) is 2.27. The molecule has 0 saturated carbocycles. The van der Waals surface area contributed by atoms with E-state index in [0.29, 0.717) is 6.54 Å². The van der Waals surface area contributed by atoms with Crippen LogP contribution >= 0.6 is 0 Å². The van der Waals surface area contributed by atoms with Crippen molar-refractivity contribution in [3.8, 4) is 0 Å². The fourth-order valence-corrected chi connectivity index (χ4v) is 1.81. The summed E-state index contributed by atoms with van der Waals surface area (Å²) in [5.41, 5.74) is 2.86. The summed E-state index contributed by atoms with van der Waals surface area (Å²) >= 11 is 0. The van der Waals surface area contributed by atoms with Crippen LogP contribution in [0.1, 0.15) is 25.2 Å². The van der Waals surface area contributed by atoms with E-state index >= 15 is 0 Å². The number of carboxylic acid groups (broad SMARTS) is 1. The van der Waals surface area contributed by atoms with E-state index in [9.17, 15) is 4.79 Å². The molecule has 0 aliphatic heterocycles. The summed E-state index contributed by atoms with van der Waals surface area (Å²) in [5.74, 6) is -0.891. The second-order valence-corrected chi connectivity index (χ2v) is 4.40. The van der Waals surface area contributed by atoms with Crippen LogP contribution in [0.25, 0.3) is 0 Å². The Labute approximate surface area is 108 Å². The second kappa shape index (κ2) is 6.91. The number of likely N-dealkylation sites (N-methyl/N-ethyl adjacent to an activating group) is 1. The largest absolute Gasteiger partial charge is 0.478 e. The Bertz CT molecular complexity index is 441. The maximum absolute atomic E-state index is 10.6. The maximum Gasteiger partial charge on any atom is 0.328 e. The molecule has 0 saturated heterocycles. The van der Waals surface area contributed by atoms with E-state index in [-0.39, 0.29) is 0 Å². The minimum absolute atomic E-state index is 0.651. The second-order valence-electron chi connectivity index (χ2n) is 4.40. The Morgan fingerprint density at radius 2 is 2.22 bits per heavy atom. The number of pyridine rings is 1. The van der Waals surface area contributed by atoms with E-state index < -0.39 is 5.97 Å². The first kappa shape index (κ1) is 14.4. The highest BCUT2D eigenvalue weighted by atomic mass is 16.4. The number of carbonyl (C=O) groups is 1. The summed E-state index contributed by atoms with van der Waals surface area (Å²) < 4.78 is 0. The monoisotopic (exact) mass is 248 g/mol. The Kier molecular flexibility index (Phi) is 5.52. The molecule has 0 radical (unpaired) electrons. The van der Waals surface area contributed by atoms with E-state index in [1.54, 1.807) is 0 Å². The molecule has 1 aromatic heterocycles. The lowest BCUT2D eigenvalue weighted by atomic mass is 10.2. The summed E-state index contributed by atoms with van der Waals surface area (Å²) in [6, 6.07) is 5.95. The highest BCUT2D eigenvalue weighted by molar-refractivity contribution is 5.80. The topological polar surface area (TPSA) is 53.4 Å². The van der Waals surface area contributed by atoms with Crippen LogP contribution < -0.4 is 0 Å². The van der Waals surface area contributed by atoms with Gasteiger partial charge in [0.05, 0.1) is 5.69 Å². The summed E-state index contributed by atoms with van der Waals surface area (Å²) in [6.07, 6.45) is 1.26. The van der Waals surface area contributed by atoms with Crippen molar-refractivity contribution >= 4 is 5.97 Å². The van der Waals surface area contributed by atoms with Crippen molar-refractivity contribution in [3.05, 3.63) is 41.2 Å². The number of aryl methyl sites for hydroxylation is 1. The van der Waals surface area contributed by atoms with Crippen molar-refractivity contribution in [1.29, 1.82) is 0 Å². The number of carboxylic acids is 1. The van der Waals surface area contributed by atoms with Gasteiger partial charge in [0.1, 0.15) is 0 Å². The third kappa shape index (κ3) is 5.10. The molecular weight excluding hydrogens is 228 g/mol. The van der Waals surface area contributed by atoms with Gasteiger partial charge in [0, 0.05) is 24.9 Å². The number of nitrogens with zero attached hydrogens (tertiary/aromatic N) is 2. The summed E-state index contributed by atoms with van der Waals surface area (Å²) in [4.78, 5) is 17.2. The number of aromatic nitrogens is 1. The minimum atomic E-state index is -0.891. The summed E-state index contributed by atoms with van der Waals surface area (Å²) in [5, 5.41) is 8.69. The van der Waals surface area contributed by atoms with Crippen molar-refractivity contribution in [3.63, 3.8) is 0 Å². The van der Waals surface area contributed by atoms with Crippen LogP contribution in [-0.2, 0) is 11.3 Å². The molecule has 1 heterocycles. The van der Waals surface area contributed by atoms with Crippen LogP contribution in [0.4, 0.5) is 0 Å². The zero-order valence-corrected chi connectivity index (χ0v) is 11.2.